The summed E-state index contributed by atoms with van der Waals surface area (Å²) in [5, 5.41) is 8.99. The Kier molecular flexibility index (Phi) is 4.39. The zero-order valence-electron chi connectivity index (χ0n) is 9.70. The zero-order valence-corrected chi connectivity index (χ0v) is 11.3. The monoisotopic (exact) mass is 290 g/mol. The molecule has 0 spiro atoms. The van der Waals surface area contributed by atoms with E-state index in [-0.39, 0.29) is 17.6 Å². The molecule has 0 aromatic rings. The third kappa shape index (κ3) is 2.92. The Labute approximate surface area is 113 Å². The topological polar surface area (TPSA) is 77.9 Å². The Morgan fingerprint density at radius 1 is 1.44 bits per heavy atom. The van der Waals surface area contributed by atoms with Gasteiger partial charge in [-0.3, -0.25) is 9.59 Å². The van der Waals surface area contributed by atoms with Crippen molar-refractivity contribution in [3.05, 3.63) is 0 Å². The van der Waals surface area contributed by atoms with Gasteiger partial charge < -0.3 is 14.9 Å². The summed E-state index contributed by atoms with van der Waals surface area (Å²) in [6.45, 7) is 1.06. The predicted octanol–water partition coefficient (Wildman–Crippen LogP) is 0.531. The van der Waals surface area contributed by atoms with Crippen molar-refractivity contribution in [2.24, 2.45) is 0 Å². The van der Waals surface area contributed by atoms with Crippen LogP contribution in [0.15, 0.2) is 0 Å². The molecule has 0 saturated carbocycles. The van der Waals surface area contributed by atoms with Crippen LogP contribution in [0.2, 0.25) is 0 Å². The lowest BCUT2D eigenvalue weighted by Gasteiger charge is -2.22. The van der Waals surface area contributed by atoms with E-state index in [0.29, 0.717) is 24.7 Å². The molecule has 0 aromatic carbocycles. The van der Waals surface area contributed by atoms with Crippen LogP contribution in [-0.2, 0) is 9.59 Å². The van der Waals surface area contributed by atoms with Gasteiger partial charge in [-0.1, -0.05) is 11.8 Å². The van der Waals surface area contributed by atoms with Crippen molar-refractivity contribution in [2.75, 3.05) is 30.5 Å². The van der Waals surface area contributed by atoms with Gasteiger partial charge >= 0.3 is 5.97 Å². The van der Waals surface area contributed by atoms with E-state index >= 15 is 0 Å². The molecular weight excluding hydrogens is 276 g/mol. The summed E-state index contributed by atoms with van der Waals surface area (Å²) < 4.78 is 0. The molecule has 1 atom stereocenters. The second kappa shape index (κ2) is 5.83. The second-order valence-electron chi connectivity index (χ2n) is 4.07. The van der Waals surface area contributed by atoms with E-state index in [1.54, 1.807) is 4.90 Å². The molecule has 2 heterocycles. The molecule has 2 rings (SSSR count). The minimum Gasteiger partial charge on any atom is -0.480 e. The third-order valence-corrected chi connectivity index (χ3v) is 4.83. The summed E-state index contributed by atoms with van der Waals surface area (Å²) in [7, 11) is 0. The predicted molar refractivity (Wildman–Crippen MR) is 69.6 cm³/mol. The summed E-state index contributed by atoms with van der Waals surface area (Å²) in [4.78, 5) is 37.3. The fraction of sp³-hybridized carbons (Fsp3) is 0.700. The van der Waals surface area contributed by atoms with E-state index in [4.69, 9.17) is 5.11 Å². The summed E-state index contributed by atoms with van der Waals surface area (Å²) >= 11 is 2.70. The van der Waals surface area contributed by atoms with Crippen LogP contribution in [0.1, 0.15) is 6.42 Å². The number of carboxylic acid groups (broad SMARTS) is 1. The summed E-state index contributed by atoms with van der Waals surface area (Å²) in [5.41, 5.74) is 0. The number of carboxylic acids is 1. The quantitative estimate of drug-likeness (QED) is 0.814. The van der Waals surface area contributed by atoms with Gasteiger partial charge in [-0.05, 0) is 0 Å². The molecule has 8 heteroatoms. The minimum atomic E-state index is -0.957. The second-order valence-corrected chi connectivity index (χ2v) is 6.11. The van der Waals surface area contributed by atoms with Gasteiger partial charge in [0.25, 0.3) is 5.24 Å². The van der Waals surface area contributed by atoms with Crippen LogP contribution < -0.4 is 0 Å². The van der Waals surface area contributed by atoms with Gasteiger partial charge in [-0.25, -0.2) is 4.79 Å². The zero-order chi connectivity index (χ0) is 13.1. The first-order valence-electron chi connectivity index (χ1n) is 5.61. The maximum atomic E-state index is 11.9. The summed E-state index contributed by atoms with van der Waals surface area (Å²) in [6.07, 6.45) is 0.205. The third-order valence-electron chi connectivity index (χ3n) is 2.93. The van der Waals surface area contributed by atoms with Crippen molar-refractivity contribution < 1.29 is 19.5 Å². The molecule has 18 heavy (non-hydrogen) atoms. The first-order valence-corrected chi connectivity index (χ1v) is 7.75. The van der Waals surface area contributed by atoms with E-state index in [1.165, 1.54) is 28.4 Å². The molecule has 2 amide bonds. The number of hydrogen-bond donors (Lipinski definition) is 1. The largest absolute Gasteiger partial charge is 0.480 e. The number of nitrogens with zero attached hydrogens (tertiary/aromatic N) is 2. The van der Waals surface area contributed by atoms with Crippen LogP contribution in [0.3, 0.4) is 0 Å². The number of rotatable bonds is 4. The van der Waals surface area contributed by atoms with Gasteiger partial charge in [0.2, 0.25) is 5.91 Å². The smallest absolute Gasteiger partial charge is 0.327 e. The van der Waals surface area contributed by atoms with E-state index in [0.717, 1.165) is 5.75 Å². The van der Waals surface area contributed by atoms with E-state index in [2.05, 4.69) is 0 Å². The Hall–Kier alpha value is -0.890. The SMILES string of the molecule is O=C(O)[C@@H]1CSCN1C(=O)CCN1CCSC1=O. The van der Waals surface area contributed by atoms with Crippen LogP contribution in [-0.4, -0.2) is 68.5 Å². The lowest BCUT2D eigenvalue weighted by Crippen LogP contribution is -2.42. The van der Waals surface area contributed by atoms with Crippen molar-refractivity contribution >= 4 is 40.6 Å². The maximum absolute atomic E-state index is 11.9. The van der Waals surface area contributed by atoms with Crippen molar-refractivity contribution in [1.29, 1.82) is 0 Å². The number of hydrogen-bond acceptors (Lipinski definition) is 5. The molecule has 2 saturated heterocycles. The van der Waals surface area contributed by atoms with Crippen LogP contribution in [0.25, 0.3) is 0 Å². The Balaban J connectivity index is 1.84. The van der Waals surface area contributed by atoms with E-state index in [1.807, 2.05) is 0 Å². The molecule has 2 aliphatic rings. The van der Waals surface area contributed by atoms with E-state index < -0.39 is 12.0 Å². The lowest BCUT2D eigenvalue weighted by atomic mass is 10.2. The van der Waals surface area contributed by atoms with Crippen LogP contribution in [0.5, 0.6) is 0 Å². The highest BCUT2D eigenvalue weighted by atomic mass is 32.2. The molecule has 1 N–H and O–H groups in total. The van der Waals surface area contributed by atoms with Gasteiger partial charge in [0.05, 0.1) is 5.88 Å². The highest BCUT2D eigenvalue weighted by Crippen LogP contribution is 2.22. The van der Waals surface area contributed by atoms with Crippen molar-refractivity contribution in [3.8, 4) is 0 Å². The molecule has 0 aromatic heterocycles. The van der Waals surface area contributed by atoms with Gasteiger partial charge in [0, 0.05) is 31.0 Å². The highest BCUT2D eigenvalue weighted by molar-refractivity contribution is 8.13. The molecule has 6 nitrogen and oxygen atoms in total. The van der Waals surface area contributed by atoms with Gasteiger partial charge in [0.15, 0.2) is 0 Å². The van der Waals surface area contributed by atoms with Crippen LogP contribution in [0, 0.1) is 0 Å². The Morgan fingerprint density at radius 3 is 2.83 bits per heavy atom. The van der Waals surface area contributed by atoms with Crippen molar-refractivity contribution in [1.82, 2.24) is 9.80 Å². The molecule has 0 aliphatic carbocycles. The van der Waals surface area contributed by atoms with Gasteiger partial charge in [-0.15, -0.1) is 11.8 Å². The van der Waals surface area contributed by atoms with Crippen LogP contribution in [0.4, 0.5) is 4.79 Å². The molecule has 2 fully saturated rings. The molecule has 100 valence electrons. The number of carbonyl (C=O) groups excluding carboxylic acids is 2. The Bertz CT molecular complexity index is 377. The molecule has 2 aliphatic heterocycles. The fourth-order valence-corrected chi connectivity index (χ4v) is 3.92. The highest BCUT2D eigenvalue weighted by Gasteiger charge is 2.34. The number of thioether (sulfide) groups is 2. The lowest BCUT2D eigenvalue weighted by molar-refractivity contribution is -0.147. The first-order chi connectivity index (χ1) is 8.59. The minimum absolute atomic E-state index is 0.00776. The molecular formula is C10H14N2O4S2. The van der Waals surface area contributed by atoms with Crippen LogP contribution >= 0.6 is 23.5 Å². The van der Waals surface area contributed by atoms with Gasteiger partial charge in [0.1, 0.15) is 6.04 Å². The van der Waals surface area contributed by atoms with Gasteiger partial charge in [-0.2, -0.15) is 0 Å². The fourth-order valence-electron chi connectivity index (χ4n) is 1.90. The maximum Gasteiger partial charge on any atom is 0.327 e. The average molecular weight is 290 g/mol. The molecule has 0 radical (unpaired) electrons. The first kappa shape index (κ1) is 13.5. The number of carbonyl (C=O) groups is 3. The molecule has 0 unspecified atom stereocenters. The van der Waals surface area contributed by atoms with Crippen molar-refractivity contribution in [2.45, 2.75) is 12.5 Å². The standard InChI is InChI=1S/C10H14N2O4S2/c13-8(1-2-11-3-4-18-10(11)16)12-6-17-5-7(12)9(14)15/h7H,1-6H2,(H,14,15)/t7-/m0/s1. The average Bonchev–Trinajstić information content (AvgIpc) is 2.94. The molecule has 0 bridgehead atoms. The Morgan fingerprint density at radius 2 is 2.22 bits per heavy atom. The van der Waals surface area contributed by atoms with Crippen molar-refractivity contribution in [3.63, 3.8) is 0 Å². The number of amides is 2. The summed E-state index contributed by atoms with van der Waals surface area (Å²) in [6, 6.07) is -0.717. The summed E-state index contributed by atoms with van der Waals surface area (Å²) in [5.74, 6) is 0.501. The number of aliphatic carboxylic acids is 1. The normalized spacial score (nSPS) is 23.8. The van der Waals surface area contributed by atoms with E-state index in [9.17, 15) is 14.4 Å².